The van der Waals surface area contributed by atoms with Gasteiger partial charge in [0.15, 0.2) is 0 Å². The van der Waals surface area contributed by atoms with Crippen molar-refractivity contribution in [3.8, 4) is 5.75 Å². The zero-order valence-electron chi connectivity index (χ0n) is 15.4. The van der Waals surface area contributed by atoms with Crippen LogP contribution in [-0.2, 0) is 15.6 Å². The molecule has 1 heterocycles. The van der Waals surface area contributed by atoms with Crippen molar-refractivity contribution in [3.63, 3.8) is 0 Å². The average molecular weight is 319 g/mol. The maximum atomic E-state index is 11.7. The number of carbonyl (C=O) groups is 1. The minimum atomic E-state index is -0.208. The maximum Gasteiger partial charge on any atom is 0.246 e. The van der Waals surface area contributed by atoms with E-state index in [9.17, 15) is 10.0 Å². The summed E-state index contributed by atoms with van der Waals surface area (Å²) < 4.78 is 5.76. The first-order chi connectivity index (χ1) is 10.4. The number of hydroxylamine groups is 2. The van der Waals surface area contributed by atoms with Gasteiger partial charge in [0.1, 0.15) is 5.75 Å². The molecule has 0 spiro atoms. The van der Waals surface area contributed by atoms with Crippen LogP contribution < -0.4 is 4.74 Å². The standard InChI is InChI=1S/C19H29NO3/c1-18(2,3)14-8-12(13-10-16(21)20(22)11-13)9-15(17(14)23-7)19(4,5)6/h8-9,13,22H,10-11H2,1-7H3. The lowest BCUT2D eigenvalue weighted by Gasteiger charge is -2.30. The highest BCUT2D eigenvalue weighted by molar-refractivity contribution is 5.78. The molecule has 1 saturated heterocycles. The number of nitrogens with zero attached hydrogens (tertiary/aromatic N) is 1. The van der Waals surface area contributed by atoms with Crippen molar-refractivity contribution in [2.24, 2.45) is 0 Å². The van der Waals surface area contributed by atoms with E-state index in [1.165, 1.54) is 0 Å². The Kier molecular flexibility index (Phi) is 4.51. The lowest BCUT2D eigenvalue weighted by molar-refractivity contribution is -0.157. The van der Waals surface area contributed by atoms with Crippen molar-refractivity contribution in [1.82, 2.24) is 5.06 Å². The molecule has 1 fully saturated rings. The SMILES string of the molecule is COc1c(C(C)(C)C)cc(C2CC(=O)N(O)C2)cc1C(C)(C)C. The molecule has 1 aromatic rings. The Morgan fingerprint density at radius 1 is 1.09 bits per heavy atom. The minimum absolute atomic E-state index is 0.0283. The Balaban J connectivity index is 2.64. The van der Waals surface area contributed by atoms with E-state index in [0.29, 0.717) is 13.0 Å². The first-order valence-corrected chi connectivity index (χ1v) is 8.17. The zero-order chi connectivity index (χ0) is 17.6. The van der Waals surface area contributed by atoms with Gasteiger partial charge < -0.3 is 4.74 Å². The van der Waals surface area contributed by atoms with Gasteiger partial charge in [-0.05, 0) is 16.4 Å². The molecule has 1 amide bonds. The highest BCUT2D eigenvalue weighted by atomic mass is 16.5. The fourth-order valence-electron chi connectivity index (χ4n) is 3.14. The largest absolute Gasteiger partial charge is 0.496 e. The molecule has 1 unspecified atom stereocenters. The summed E-state index contributed by atoms with van der Waals surface area (Å²) in [6.07, 6.45) is 0.357. The number of methoxy groups -OCH3 is 1. The molecule has 4 nitrogen and oxygen atoms in total. The molecular formula is C19H29NO3. The number of rotatable bonds is 2. The summed E-state index contributed by atoms with van der Waals surface area (Å²) in [5.41, 5.74) is 3.26. The lowest BCUT2D eigenvalue weighted by Crippen LogP contribution is -2.21. The zero-order valence-corrected chi connectivity index (χ0v) is 15.4. The van der Waals surface area contributed by atoms with E-state index in [4.69, 9.17) is 4.74 Å². The second-order valence-electron chi connectivity index (χ2n) is 8.53. The van der Waals surface area contributed by atoms with Gasteiger partial charge in [-0.2, -0.15) is 0 Å². The number of hydrogen-bond donors (Lipinski definition) is 1. The second kappa shape index (κ2) is 5.82. The van der Waals surface area contributed by atoms with Crippen LogP contribution in [0.4, 0.5) is 0 Å². The van der Waals surface area contributed by atoms with Crippen molar-refractivity contribution in [2.45, 2.75) is 64.7 Å². The van der Waals surface area contributed by atoms with Gasteiger partial charge in [0.2, 0.25) is 5.91 Å². The van der Waals surface area contributed by atoms with E-state index >= 15 is 0 Å². The van der Waals surface area contributed by atoms with Crippen LogP contribution in [-0.4, -0.2) is 29.8 Å². The third-order valence-electron chi connectivity index (χ3n) is 4.51. The molecule has 0 bridgehead atoms. The number of hydrogen-bond acceptors (Lipinski definition) is 3. The smallest absolute Gasteiger partial charge is 0.246 e. The fourth-order valence-corrected chi connectivity index (χ4v) is 3.14. The van der Waals surface area contributed by atoms with Gasteiger partial charge in [0.25, 0.3) is 0 Å². The Hall–Kier alpha value is -1.55. The van der Waals surface area contributed by atoms with E-state index in [-0.39, 0.29) is 22.7 Å². The monoisotopic (exact) mass is 319 g/mol. The fraction of sp³-hybridized carbons (Fsp3) is 0.632. The summed E-state index contributed by atoms with van der Waals surface area (Å²) in [7, 11) is 1.72. The summed E-state index contributed by atoms with van der Waals surface area (Å²) in [4.78, 5) is 11.7. The van der Waals surface area contributed by atoms with Crippen molar-refractivity contribution < 1.29 is 14.7 Å². The van der Waals surface area contributed by atoms with Crippen molar-refractivity contribution >= 4 is 5.91 Å². The second-order valence-corrected chi connectivity index (χ2v) is 8.53. The summed E-state index contributed by atoms with van der Waals surface area (Å²) in [6, 6.07) is 4.29. The van der Waals surface area contributed by atoms with Crippen LogP contribution in [0.2, 0.25) is 0 Å². The molecule has 1 aliphatic heterocycles. The molecule has 0 aromatic heterocycles. The van der Waals surface area contributed by atoms with Gasteiger partial charge in [-0.15, -0.1) is 0 Å². The first kappa shape index (κ1) is 17.8. The summed E-state index contributed by atoms with van der Waals surface area (Å²) in [6.45, 7) is 13.4. The Morgan fingerprint density at radius 3 is 1.87 bits per heavy atom. The van der Waals surface area contributed by atoms with Gasteiger partial charge in [0.05, 0.1) is 13.7 Å². The maximum absolute atomic E-state index is 11.7. The quantitative estimate of drug-likeness (QED) is 0.838. The molecule has 0 aliphatic carbocycles. The molecule has 4 heteroatoms. The van der Waals surface area contributed by atoms with E-state index in [1.807, 2.05) is 0 Å². The van der Waals surface area contributed by atoms with Crippen LogP contribution in [0.15, 0.2) is 12.1 Å². The van der Waals surface area contributed by atoms with Crippen LogP contribution in [0.5, 0.6) is 5.75 Å². The van der Waals surface area contributed by atoms with Crippen molar-refractivity contribution in [1.29, 1.82) is 0 Å². The Bertz CT molecular complexity index is 573. The molecule has 0 radical (unpaired) electrons. The van der Waals surface area contributed by atoms with E-state index < -0.39 is 0 Å². The molecule has 1 N–H and O–H groups in total. The molecule has 1 aromatic carbocycles. The molecule has 23 heavy (non-hydrogen) atoms. The van der Waals surface area contributed by atoms with Crippen molar-refractivity contribution in [3.05, 3.63) is 28.8 Å². The average Bonchev–Trinajstić information content (AvgIpc) is 2.75. The summed E-state index contributed by atoms with van der Waals surface area (Å²) >= 11 is 0. The third-order valence-corrected chi connectivity index (χ3v) is 4.51. The molecule has 128 valence electrons. The Morgan fingerprint density at radius 2 is 1.57 bits per heavy atom. The highest BCUT2D eigenvalue weighted by Crippen LogP contribution is 2.42. The molecule has 0 saturated carbocycles. The van der Waals surface area contributed by atoms with Crippen LogP contribution in [0, 0.1) is 0 Å². The minimum Gasteiger partial charge on any atom is -0.496 e. The Labute approximate surface area is 139 Å². The summed E-state index contributed by atoms with van der Waals surface area (Å²) in [5.74, 6) is 0.750. The van der Waals surface area contributed by atoms with E-state index in [0.717, 1.165) is 27.5 Å². The molecular weight excluding hydrogens is 290 g/mol. The lowest BCUT2D eigenvalue weighted by atomic mass is 9.77. The third kappa shape index (κ3) is 3.52. The van der Waals surface area contributed by atoms with Crippen LogP contribution in [0.25, 0.3) is 0 Å². The number of amides is 1. The molecule has 1 aliphatic rings. The first-order valence-electron chi connectivity index (χ1n) is 8.17. The summed E-state index contributed by atoms with van der Waals surface area (Å²) in [5, 5.41) is 10.5. The topological polar surface area (TPSA) is 49.8 Å². The molecule has 2 rings (SSSR count). The highest BCUT2D eigenvalue weighted by Gasteiger charge is 2.33. The van der Waals surface area contributed by atoms with Gasteiger partial charge in [0, 0.05) is 23.5 Å². The van der Waals surface area contributed by atoms with Gasteiger partial charge in [-0.25, -0.2) is 5.06 Å². The van der Waals surface area contributed by atoms with E-state index in [2.05, 4.69) is 53.7 Å². The predicted octanol–water partition coefficient (Wildman–Crippen LogP) is 4.00. The van der Waals surface area contributed by atoms with Crippen LogP contribution in [0.1, 0.15) is 70.6 Å². The van der Waals surface area contributed by atoms with Crippen LogP contribution in [0.3, 0.4) is 0 Å². The van der Waals surface area contributed by atoms with E-state index in [1.54, 1.807) is 7.11 Å². The number of carbonyl (C=O) groups excluding carboxylic acids is 1. The molecule has 1 atom stereocenters. The van der Waals surface area contributed by atoms with Gasteiger partial charge in [-0.3, -0.25) is 10.0 Å². The predicted molar refractivity (Wildman–Crippen MR) is 91.3 cm³/mol. The number of ether oxygens (including phenoxy) is 1. The van der Waals surface area contributed by atoms with Gasteiger partial charge >= 0.3 is 0 Å². The van der Waals surface area contributed by atoms with Crippen molar-refractivity contribution in [2.75, 3.05) is 13.7 Å². The number of benzene rings is 1. The van der Waals surface area contributed by atoms with Gasteiger partial charge in [-0.1, -0.05) is 53.7 Å². The normalized spacial score (nSPS) is 19.4. The van der Waals surface area contributed by atoms with Crippen LogP contribution >= 0.6 is 0 Å².